The molecule has 0 atom stereocenters. The second-order valence-corrected chi connectivity index (χ2v) is 5.48. The van der Waals surface area contributed by atoms with E-state index in [4.69, 9.17) is 9.15 Å². The van der Waals surface area contributed by atoms with Gasteiger partial charge in [-0.1, -0.05) is 6.07 Å². The molecule has 0 aromatic carbocycles. The van der Waals surface area contributed by atoms with Crippen molar-refractivity contribution in [3.8, 4) is 10.8 Å². The highest BCUT2D eigenvalue weighted by atomic mass is 32.1. The Morgan fingerprint density at radius 1 is 1.30 bits per heavy atom. The van der Waals surface area contributed by atoms with E-state index in [-0.39, 0.29) is 19.0 Å². The highest BCUT2D eigenvalue weighted by Crippen LogP contribution is 2.23. The monoisotopic (exact) mass is 330 g/mol. The first-order valence-electron chi connectivity index (χ1n) is 6.96. The third kappa shape index (κ3) is 4.36. The molecule has 0 saturated heterocycles. The second-order valence-electron chi connectivity index (χ2n) is 4.53. The van der Waals surface area contributed by atoms with Crippen LogP contribution in [0.5, 0.6) is 0 Å². The number of ether oxygens (including phenoxy) is 1. The van der Waals surface area contributed by atoms with Crippen LogP contribution in [-0.2, 0) is 16.1 Å². The number of rotatable bonds is 7. The van der Waals surface area contributed by atoms with Crippen molar-refractivity contribution in [1.29, 1.82) is 0 Å². The number of nitrogens with zero attached hydrogens (tertiary/aromatic N) is 3. The van der Waals surface area contributed by atoms with E-state index in [1.807, 2.05) is 17.5 Å². The standard InChI is InChI=1S/C15H14N4O3S/c20-13(4-7-18-15-16-5-2-6-17-15)21-9-11-10-22-14(19-11)12-3-1-8-23-12/h1-3,5-6,8,10H,4,7,9H2,(H,16,17,18). The Kier molecular flexibility index (Phi) is 4.95. The van der Waals surface area contributed by atoms with E-state index in [1.54, 1.807) is 18.5 Å². The number of anilines is 1. The third-order valence-electron chi connectivity index (χ3n) is 2.84. The number of nitrogens with one attached hydrogen (secondary N) is 1. The van der Waals surface area contributed by atoms with Crippen molar-refractivity contribution in [3.05, 3.63) is 47.9 Å². The number of aromatic nitrogens is 3. The number of carbonyl (C=O) groups excluding carboxylic acids is 1. The normalized spacial score (nSPS) is 10.4. The third-order valence-corrected chi connectivity index (χ3v) is 3.70. The number of hydrogen-bond donors (Lipinski definition) is 1. The Morgan fingerprint density at radius 2 is 2.17 bits per heavy atom. The number of thiophene rings is 1. The molecule has 3 rings (SSSR count). The molecule has 3 aromatic heterocycles. The number of hydrogen-bond acceptors (Lipinski definition) is 8. The molecular weight excluding hydrogens is 316 g/mol. The smallest absolute Gasteiger partial charge is 0.307 e. The minimum atomic E-state index is -0.325. The lowest BCUT2D eigenvalue weighted by Crippen LogP contribution is -2.12. The van der Waals surface area contributed by atoms with Gasteiger partial charge in [0, 0.05) is 18.9 Å². The average Bonchev–Trinajstić information content (AvgIpc) is 3.25. The molecule has 118 valence electrons. The summed E-state index contributed by atoms with van der Waals surface area (Å²) in [6.45, 7) is 0.498. The fourth-order valence-corrected chi connectivity index (χ4v) is 2.44. The maximum absolute atomic E-state index is 11.7. The summed E-state index contributed by atoms with van der Waals surface area (Å²) in [4.78, 5) is 24.9. The summed E-state index contributed by atoms with van der Waals surface area (Å²) in [5, 5.41) is 4.89. The van der Waals surface area contributed by atoms with E-state index >= 15 is 0 Å². The van der Waals surface area contributed by atoms with Gasteiger partial charge < -0.3 is 14.5 Å². The highest BCUT2D eigenvalue weighted by Gasteiger charge is 2.10. The van der Waals surface area contributed by atoms with Crippen LogP contribution in [-0.4, -0.2) is 27.5 Å². The molecule has 3 aromatic rings. The fraction of sp³-hybridized carbons (Fsp3) is 0.200. The first-order chi connectivity index (χ1) is 11.3. The highest BCUT2D eigenvalue weighted by molar-refractivity contribution is 7.13. The van der Waals surface area contributed by atoms with Gasteiger partial charge in [0.2, 0.25) is 11.8 Å². The lowest BCUT2D eigenvalue weighted by molar-refractivity contribution is -0.144. The fourth-order valence-electron chi connectivity index (χ4n) is 1.78. The topological polar surface area (TPSA) is 90.1 Å². The van der Waals surface area contributed by atoms with Gasteiger partial charge in [0.1, 0.15) is 18.6 Å². The van der Waals surface area contributed by atoms with Gasteiger partial charge in [-0.3, -0.25) is 4.79 Å². The predicted molar refractivity (Wildman–Crippen MR) is 84.8 cm³/mol. The molecule has 0 bridgehead atoms. The summed E-state index contributed by atoms with van der Waals surface area (Å²) in [6.07, 6.45) is 4.97. The Balaban J connectivity index is 1.41. The van der Waals surface area contributed by atoms with Crippen LogP contribution in [0, 0.1) is 0 Å². The zero-order chi connectivity index (χ0) is 15.9. The van der Waals surface area contributed by atoms with Gasteiger partial charge in [-0.15, -0.1) is 11.3 Å². The molecule has 0 aliphatic rings. The molecule has 8 heteroatoms. The van der Waals surface area contributed by atoms with Gasteiger partial charge in [0.05, 0.1) is 11.3 Å². The maximum Gasteiger partial charge on any atom is 0.307 e. The van der Waals surface area contributed by atoms with Gasteiger partial charge in [-0.25, -0.2) is 15.0 Å². The Bertz CT molecular complexity index is 743. The van der Waals surface area contributed by atoms with Crippen molar-refractivity contribution in [1.82, 2.24) is 15.0 Å². The molecular formula is C15H14N4O3S. The van der Waals surface area contributed by atoms with Crippen molar-refractivity contribution in [3.63, 3.8) is 0 Å². The largest absolute Gasteiger partial charge is 0.459 e. The van der Waals surface area contributed by atoms with Crippen molar-refractivity contribution >= 4 is 23.3 Å². The predicted octanol–water partition coefficient (Wildman–Crippen LogP) is 2.74. The Morgan fingerprint density at radius 3 is 2.96 bits per heavy atom. The van der Waals surface area contributed by atoms with Crippen molar-refractivity contribution < 1.29 is 13.9 Å². The van der Waals surface area contributed by atoms with Gasteiger partial charge in [-0.05, 0) is 17.5 Å². The van der Waals surface area contributed by atoms with Crippen LogP contribution in [0.4, 0.5) is 5.95 Å². The first-order valence-corrected chi connectivity index (χ1v) is 7.84. The van der Waals surface area contributed by atoms with Gasteiger partial charge in [0.25, 0.3) is 0 Å². The number of oxazole rings is 1. The molecule has 0 spiro atoms. The molecule has 1 N–H and O–H groups in total. The summed E-state index contributed by atoms with van der Waals surface area (Å²) in [7, 11) is 0. The zero-order valence-electron chi connectivity index (χ0n) is 12.1. The molecule has 3 heterocycles. The summed E-state index contributed by atoms with van der Waals surface area (Å²) >= 11 is 1.54. The second kappa shape index (κ2) is 7.50. The lowest BCUT2D eigenvalue weighted by Gasteiger charge is -2.04. The maximum atomic E-state index is 11.7. The summed E-state index contributed by atoms with van der Waals surface area (Å²) in [5.41, 5.74) is 0.584. The average molecular weight is 330 g/mol. The molecule has 0 saturated carbocycles. The molecule has 7 nitrogen and oxygen atoms in total. The van der Waals surface area contributed by atoms with Crippen LogP contribution in [0.25, 0.3) is 10.8 Å². The van der Waals surface area contributed by atoms with E-state index in [0.29, 0.717) is 24.1 Å². The minimum Gasteiger partial charge on any atom is -0.459 e. The molecule has 0 aliphatic carbocycles. The first kappa shape index (κ1) is 15.2. The van der Waals surface area contributed by atoms with E-state index in [2.05, 4.69) is 20.3 Å². The molecule has 0 unspecified atom stereocenters. The SMILES string of the molecule is O=C(CCNc1ncccn1)OCc1coc(-c2cccs2)n1. The Hall–Kier alpha value is -2.74. The van der Waals surface area contributed by atoms with Crippen LogP contribution >= 0.6 is 11.3 Å². The minimum absolute atomic E-state index is 0.0928. The van der Waals surface area contributed by atoms with Crippen molar-refractivity contribution in [2.45, 2.75) is 13.0 Å². The van der Waals surface area contributed by atoms with Gasteiger partial charge in [-0.2, -0.15) is 0 Å². The number of carbonyl (C=O) groups is 1. The van der Waals surface area contributed by atoms with E-state index in [1.165, 1.54) is 17.6 Å². The summed E-state index contributed by atoms with van der Waals surface area (Å²) in [5.74, 6) is 0.695. The van der Waals surface area contributed by atoms with Gasteiger partial charge >= 0.3 is 5.97 Å². The van der Waals surface area contributed by atoms with Crippen LogP contribution in [0.3, 0.4) is 0 Å². The van der Waals surface area contributed by atoms with Crippen LogP contribution in [0.2, 0.25) is 0 Å². The van der Waals surface area contributed by atoms with E-state index in [9.17, 15) is 4.79 Å². The quantitative estimate of drug-likeness (QED) is 0.666. The van der Waals surface area contributed by atoms with Crippen molar-refractivity contribution in [2.75, 3.05) is 11.9 Å². The number of esters is 1. The Labute approximate surface area is 136 Å². The van der Waals surface area contributed by atoms with Crippen LogP contribution in [0.1, 0.15) is 12.1 Å². The lowest BCUT2D eigenvalue weighted by atomic mass is 10.4. The summed E-state index contributed by atoms with van der Waals surface area (Å²) < 4.78 is 10.5. The van der Waals surface area contributed by atoms with Crippen molar-refractivity contribution in [2.24, 2.45) is 0 Å². The van der Waals surface area contributed by atoms with Gasteiger partial charge in [0.15, 0.2) is 0 Å². The summed E-state index contributed by atoms with van der Waals surface area (Å²) in [6, 6.07) is 5.57. The molecule has 0 radical (unpaired) electrons. The molecule has 0 amide bonds. The molecule has 0 fully saturated rings. The van der Waals surface area contributed by atoms with E-state index < -0.39 is 0 Å². The molecule has 23 heavy (non-hydrogen) atoms. The van der Waals surface area contributed by atoms with Crippen LogP contribution < -0.4 is 5.32 Å². The molecule has 0 aliphatic heterocycles. The van der Waals surface area contributed by atoms with E-state index in [0.717, 1.165) is 4.88 Å². The van der Waals surface area contributed by atoms with Crippen LogP contribution in [0.15, 0.2) is 46.7 Å². The zero-order valence-corrected chi connectivity index (χ0v) is 13.0.